The Labute approximate surface area is 189 Å². The highest BCUT2D eigenvalue weighted by Gasteiger charge is 2.61. The van der Waals surface area contributed by atoms with Gasteiger partial charge in [-0.1, -0.05) is 67.1 Å². The first-order valence-corrected chi connectivity index (χ1v) is 11.5. The summed E-state index contributed by atoms with van der Waals surface area (Å²) in [5, 5.41) is 20.9. The molecule has 0 spiro atoms. The maximum atomic E-state index is 13.0. The summed E-state index contributed by atoms with van der Waals surface area (Å²) in [6, 6.07) is 19.9. The van der Waals surface area contributed by atoms with Gasteiger partial charge in [0, 0.05) is 12.5 Å². The number of benzene rings is 2. The minimum absolute atomic E-state index is 0.144. The molecule has 6 nitrogen and oxygen atoms in total. The van der Waals surface area contributed by atoms with E-state index in [1.807, 2.05) is 48.5 Å². The second-order valence-corrected chi connectivity index (χ2v) is 8.91. The van der Waals surface area contributed by atoms with Crippen LogP contribution in [-0.2, 0) is 22.4 Å². The SMILES string of the molecule is O=C1O[C@@H]([C@H](CO)COCCc2ccccc2)[C@](CO)(C2CCC2)N1Cc1ccccc1. The highest BCUT2D eigenvalue weighted by molar-refractivity contribution is 5.72. The van der Waals surface area contributed by atoms with Crippen LogP contribution in [0.4, 0.5) is 4.79 Å². The smallest absolute Gasteiger partial charge is 0.411 e. The number of aliphatic hydroxyl groups excluding tert-OH is 2. The standard InChI is InChI=1S/C26H33NO5/c28-17-22(18-31-15-14-20-8-3-1-4-9-20)24-26(19-29,23-12-7-13-23)27(25(30)32-24)16-21-10-5-2-6-11-21/h1-6,8-11,22-24,28-29H,7,12-19H2/t22-,24+,26+/m1/s1. The Bertz CT molecular complexity index is 857. The number of cyclic esters (lactones) is 1. The molecule has 1 aliphatic heterocycles. The molecule has 1 saturated carbocycles. The Morgan fingerprint density at radius 2 is 1.69 bits per heavy atom. The van der Waals surface area contributed by atoms with E-state index in [-0.39, 0.29) is 25.7 Å². The highest BCUT2D eigenvalue weighted by atomic mass is 16.6. The van der Waals surface area contributed by atoms with E-state index in [9.17, 15) is 15.0 Å². The third-order valence-electron chi connectivity index (χ3n) is 7.06. The molecule has 172 valence electrons. The first-order chi connectivity index (χ1) is 15.7. The van der Waals surface area contributed by atoms with Crippen LogP contribution in [0.3, 0.4) is 0 Å². The summed E-state index contributed by atoms with van der Waals surface area (Å²) in [7, 11) is 0. The minimum atomic E-state index is -0.846. The van der Waals surface area contributed by atoms with Crippen molar-refractivity contribution in [3.8, 4) is 0 Å². The number of hydrogen-bond acceptors (Lipinski definition) is 5. The second kappa shape index (κ2) is 10.5. The molecule has 4 rings (SSSR count). The van der Waals surface area contributed by atoms with E-state index in [1.54, 1.807) is 4.90 Å². The van der Waals surface area contributed by atoms with E-state index in [0.717, 1.165) is 31.2 Å². The lowest BCUT2D eigenvalue weighted by atomic mass is 9.65. The van der Waals surface area contributed by atoms with E-state index in [2.05, 4.69) is 12.1 Å². The monoisotopic (exact) mass is 439 g/mol. The number of ether oxygens (including phenoxy) is 2. The van der Waals surface area contributed by atoms with Crippen LogP contribution in [0.2, 0.25) is 0 Å². The van der Waals surface area contributed by atoms with Crippen LogP contribution >= 0.6 is 0 Å². The summed E-state index contributed by atoms with van der Waals surface area (Å²) in [6.45, 7) is 0.804. The summed E-state index contributed by atoms with van der Waals surface area (Å²) >= 11 is 0. The van der Waals surface area contributed by atoms with Gasteiger partial charge >= 0.3 is 6.09 Å². The Hall–Kier alpha value is -2.41. The molecule has 2 aromatic rings. The van der Waals surface area contributed by atoms with Gasteiger partial charge in [0.1, 0.15) is 11.6 Å². The molecule has 0 bridgehead atoms. The predicted octanol–water partition coefficient (Wildman–Crippen LogP) is 3.41. The van der Waals surface area contributed by atoms with Gasteiger partial charge in [-0.05, 0) is 36.3 Å². The summed E-state index contributed by atoms with van der Waals surface area (Å²) in [6.07, 6.45) is 2.68. The van der Waals surface area contributed by atoms with Crippen molar-refractivity contribution < 1.29 is 24.5 Å². The molecule has 0 unspecified atom stereocenters. The average molecular weight is 440 g/mol. The molecule has 32 heavy (non-hydrogen) atoms. The number of carbonyl (C=O) groups is 1. The molecule has 0 radical (unpaired) electrons. The van der Waals surface area contributed by atoms with E-state index in [0.29, 0.717) is 13.2 Å². The summed E-state index contributed by atoms with van der Waals surface area (Å²) < 4.78 is 11.8. The summed E-state index contributed by atoms with van der Waals surface area (Å²) in [5.41, 5.74) is 1.33. The lowest BCUT2D eigenvalue weighted by Gasteiger charge is -2.49. The Kier molecular flexibility index (Phi) is 7.45. The first-order valence-electron chi connectivity index (χ1n) is 11.5. The van der Waals surface area contributed by atoms with Crippen molar-refractivity contribution in [1.82, 2.24) is 4.90 Å². The fourth-order valence-electron chi connectivity index (χ4n) is 5.05. The number of nitrogens with zero attached hydrogens (tertiary/aromatic N) is 1. The Balaban J connectivity index is 1.49. The number of hydrogen-bond donors (Lipinski definition) is 2. The molecule has 6 heteroatoms. The van der Waals surface area contributed by atoms with Gasteiger partial charge in [0.05, 0.1) is 26.4 Å². The van der Waals surface area contributed by atoms with Crippen molar-refractivity contribution in [3.63, 3.8) is 0 Å². The van der Waals surface area contributed by atoms with Gasteiger partial charge in [-0.2, -0.15) is 0 Å². The van der Waals surface area contributed by atoms with Gasteiger partial charge in [-0.3, -0.25) is 4.90 Å². The number of rotatable bonds is 11. The lowest BCUT2D eigenvalue weighted by Crippen LogP contribution is -2.63. The van der Waals surface area contributed by atoms with Crippen molar-refractivity contribution >= 4 is 6.09 Å². The first kappa shape index (κ1) is 22.8. The molecule has 3 atom stereocenters. The van der Waals surface area contributed by atoms with Crippen LogP contribution in [-0.4, -0.2) is 59.3 Å². The Morgan fingerprint density at radius 3 is 2.25 bits per heavy atom. The molecule has 2 N–H and O–H groups in total. The second-order valence-electron chi connectivity index (χ2n) is 8.91. The van der Waals surface area contributed by atoms with E-state index < -0.39 is 23.7 Å². The van der Waals surface area contributed by atoms with Crippen LogP contribution in [0.5, 0.6) is 0 Å². The van der Waals surface area contributed by atoms with Crippen LogP contribution in [0.25, 0.3) is 0 Å². The maximum Gasteiger partial charge on any atom is 0.411 e. The molecule has 1 saturated heterocycles. The average Bonchev–Trinajstić information content (AvgIpc) is 3.06. The predicted molar refractivity (Wildman–Crippen MR) is 121 cm³/mol. The van der Waals surface area contributed by atoms with Crippen molar-refractivity contribution in [3.05, 3.63) is 71.8 Å². The van der Waals surface area contributed by atoms with Crippen molar-refractivity contribution in [2.45, 2.75) is 43.9 Å². The van der Waals surface area contributed by atoms with Crippen LogP contribution in [0.1, 0.15) is 30.4 Å². The molecule has 1 heterocycles. The zero-order valence-electron chi connectivity index (χ0n) is 18.4. The number of aliphatic hydroxyl groups is 2. The third kappa shape index (κ3) is 4.53. The van der Waals surface area contributed by atoms with Gasteiger partial charge in [0.2, 0.25) is 0 Å². The molecular weight excluding hydrogens is 406 g/mol. The molecule has 0 aromatic heterocycles. The molecule has 2 aliphatic rings. The zero-order valence-corrected chi connectivity index (χ0v) is 18.4. The zero-order chi connectivity index (χ0) is 22.4. The number of amides is 1. The van der Waals surface area contributed by atoms with E-state index >= 15 is 0 Å². The van der Waals surface area contributed by atoms with Crippen molar-refractivity contribution in [2.24, 2.45) is 11.8 Å². The highest BCUT2D eigenvalue weighted by Crippen LogP contribution is 2.48. The van der Waals surface area contributed by atoms with Gasteiger partial charge in [-0.15, -0.1) is 0 Å². The van der Waals surface area contributed by atoms with Crippen molar-refractivity contribution in [2.75, 3.05) is 26.4 Å². The normalized spacial score (nSPS) is 24.2. The molecule has 1 amide bonds. The Morgan fingerprint density at radius 1 is 1.03 bits per heavy atom. The largest absolute Gasteiger partial charge is 0.443 e. The van der Waals surface area contributed by atoms with Crippen LogP contribution in [0.15, 0.2) is 60.7 Å². The lowest BCUT2D eigenvalue weighted by molar-refractivity contribution is -0.0818. The quantitative estimate of drug-likeness (QED) is 0.525. The van der Waals surface area contributed by atoms with Crippen LogP contribution in [0, 0.1) is 11.8 Å². The van der Waals surface area contributed by atoms with E-state index in [4.69, 9.17) is 9.47 Å². The van der Waals surface area contributed by atoms with E-state index in [1.165, 1.54) is 5.56 Å². The van der Waals surface area contributed by atoms with Crippen LogP contribution < -0.4 is 0 Å². The topological polar surface area (TPSA) is 79.2 Å². The van der Waals surface area contributed by atoms with Gasteiger partial charge in [0.25, 0.3) is 0 Å². The summed E-state index contributed by atoms with van der Waals surface area (Å²) in [5.74, 6) is -0.255. The maximum absolute atomic E-state index is 13.0. The van der Waals surface area contributed by atoms with Gasteiger partial charge < -0.3 is 19.7 Å². The minimum Gasteiger partial charge on any atom is -0.443 e. The van der Waals surface area contributed by atoms with Crippen molar-refractivity contribution in [1.29, 1.82) is 0 Å². The third-order valence-corrected chi connectivity index (χ3v) is 7.06. The fourth-order valence-corrected chi connectivity index (χ4v) is 5.05. The molecular formula is C26H33NO5. The molecule has 2 fully saturated rings. The number of carbonyl (C=O) groups excluding carboxylic acids is 1. The fraction of sp³-hybridized carbons (Fsp3) is 0.500. The molecule has 1 aliphatic carbocycles. The molecule has 2 aromatic carbocycles. The van der Waals surface area contributed by atoms with Gasteiger partial charge in [0.15, 0.2) is 0 Å². The van der Waals surface area contributed by atoms with Gasteiger partial charge in [-0.25, -0.2) is 4.79 Å². The summed E-state index contributed by atoms with van der Waals surface area (Å²) in [4.78, 5) is 14.7.